The van der Waals surface area contributed by atoms with E-state index in [-0.39, 0.29) is 11.9 Å². The third-order valence-electron chi connectivity index (χ3n) is 3.16. The molecule has 1 fully saturated rings. The van der Waals surface area contributed by atoms with Gasteiger partial charge in [0.2, 0.25) is 0 Å². The maximum Gasteiger partial charge on any atom is 0.254 e. The minimum Gasteiger partial charge on any atom is -0.333 e. The highest BCUT2D eigenvalue weighted by molar-refractivity contribution is 6.30. The molecule has 3 nitrogen and oxygen atoms in total. The Morgan fingerprint density at radius 1 is 1.41 bits per heavy atom. The van der Waals surface area contributed by atoms with Crippen molar-refractivity contribution in [3.8, 4) is 0 Å². The molecule has 2 rings (SSSR count). The summed E-state index contributed by atoms with van der Waals surface area (Å²) in [6.45, 7) is 4.71. The van der Waals surface area contributed by atoms with E-state index in [0.717, 1.165) is 19.6 Å². The second kappa shape index (κ2) is 5.07. The van der Waals surface area contributed by atoms with Crippen LogP contribution in [0.3, 0.4) is 0 Å². The minimum absolute atomic E-state index is 0.0769. The van der Waals surface area contributed by atoms with E-state index in [2.05, 4.69) is 18.9 Å². The quantitative estimate of drug-likeness (QED) is 0.764. The number of rotatable bonds is 1. The normalized spacial score (nSPS) is 21.6. The molecule has 1 atom stereocenters. The molecule has 1 amide bonds. The monoisotopic (exact) mass is 252 g/mol. The van der Waals surface area contributed by atoms with Crippen molar-refractivity contribution >= 4 is 17.5 Å². The molecular weight excluding hydrogens is 236 g/mol. The van der Waals surface area contributed by atoms with Gasteiger partial charge in [0.25, 0.3) is 5.91 Å². The van der Waals surface area contributed by atoms with Crippen LogP contribution >= 0.6 is 11.6 Å². The largest absolute Gasteiger partial charge is 0.333 e. The molecule has 1 aliphatic rings. The molecule has 1 aliphatic heterocycles. The molecule has 1 saturated heterocycles. The highest BCUT2D eigenvalue weighted by Gasteiger charge is 2.26. The van der Waals surface area contributed by atoms with Crippen LogP contribution in [0, 0.1) is 0 Å². The second-order valence-electron chi connectivity index (χ2n) is 4.62. The van der Waals surface area contributed by atoms with Crippen molar-refractivity contribution in [1.82, 2.24) is 9.80 Å². The summed E-state index contributed by atoms with van der Waals surface area (Å²) < 4.78 is 0. The number of carbonyl (C=O) groups is 1. The Bertz CT molecular complexity index is 422. The molecule has 92 valence electrons. The van der Waals surface area contributed by atoms with Gasteiger partial charge in [-0.3, -0.25) is 4.79 Å². The van der Waals surface area contributed by atoms with Gasteiger partial charge < -0.3 is 9.80 Å². The lowest BCUT2D eigenvalue weighted by Gasteiger charge is -2.38. The van der Waals surface area contributed by atoms with Gasteiger partial charge >= 0.3 is 0 Å². The lowest BCUT2D eigenvalue weighted by molar-refractivity contribution is 0.0533. The Hall–Kier alpha value is -1.06. The number of hydrogen-bond acceptors (Lipinski definition) is 2. The van der Waals surface area contributed by atoms with E-state index in [1.165, 1.54) is 0 Å². The standard InChI is InChI=1S/C13H17ClN2O/c1-10-9-15(2)6-7-16(10)13(17)11-4-3-5-12(14)8-11/h3-5,8,10H,6-7,9H2,1-2H3. The molecule has 0 saturated carbocycles. The summed E-state index contributed by atoms with van der Waals surface area (Å²) in [7, 11) is 2.08. The van der Waals surface area contributed by atoms with Gasteiger partial charge in [-0.05, 0) is 32.2 Å². The second-order valence-corrected chi connectivity index (χ2v) is 5.06. The number of nitrogens with zero attached hydrogens (tertiary/aromatic N) is 2. The van der Waals surface area contributed by atoms with Gasteiger partial charge in [0.1, 0.15) is 0 Å². The maximum atomic E-state index is 12.3. The van der Waals surface area contributed by atoms with E-state index in [0.29, 0.717) is 10.6 Å². The van der Waals surface area contributed by atoms with Gasteiger partial charge in [0.05, 0.1) is 0 Å². The third kappa shape index (κ3) is 2.79. The summed E-state index contributed by atoms with van der Waals surface area (Å²) in [5.74, 6) is 0.0769. The van der Waals surface area contributed by atoms with E-state index < -0.39 is 0 Å². The first-order chi connectivity index (χ1) is 8.08. The van der Waals surface area contributed by atoms with E-state index >= 15 is 0 Å². The number of likely N-dealkylation sites (N-methyl/N-ethyl adjacent to an activating group) is 1. The Morgan fingerprint density at radius 3 is 2.82 bits per heavy atom. The molecule has 0 radical (unpaired) electrons. The zero-order valence-corrected chi connectivity index (χ0v) is 10.9. The smallest absolute Gasteiger partial charge is 0.254 e. The van der Waals surface area contributed by atoms with Crippen molar-refractivity contribution in [2.45, 2.75) is 13.0 Å². The van der Waals surface area contributed by atoms with Crippen molar-refractivity contribution in [3.63, 3.8) is 0 Å². The topological polar surface area (TPSA) is 23.6 Å². The van der Waals surface area contributed by atoms with E-state index in [1.807, 2.05) is 17.0 Å². The molecule has 0 N–H and O–H groups in total. The highest BCUT2D eigenvalue weighted by Crippen LogP contribution is 2.16. The molecular formula is C13H17ClN2O. The molecule has 0 aromatic heterocycles. The summed E-state index contributed by atoms with van der Waals surface area (Å²) >= 11 is 5.91. The van der Waals surface area contributed by atoms with Crippen LogP contribution in [-0.4, -0.2) is 48.4 Å². The average molecular weight is 253 g/mol. The van der Waals surface area contributed by atoms with Gasteiger partial charge in [-0.2, -0.15) is 0 Å². The fraction of sp³-hybridized carbons (Fsp3) is 0.462. The van der Waals surface area contributed by atoms with Crippen molar-refractivity contribution in [1.29, 1.82) is 0 Å². The van der Waals surface area contributed by atoms with E-state index in [4.69, 9.17) is 11.6 Å². The third-order valence-corrected chi connectivity index (χ3v) is 3.40. The Balaban J connectivity index is 2.15. The molecule has 1 heterocycles. The lowest BCUT2D eigenvalue weighted by Crippen LogP contribution is -2.52. The number of hydrogen-bond donors (Lipinski definition) is 0. The van der Waals surface area contributed by atoms with Crippen molar-refractivity contribution in [2.75, 3.05) is 26.7 Å². The average Bonchev–Trinajstić information content (AvgIpc) is 2.28. The van der Waals surface area contributed by atoms with Crippen LogP contribution in [-0.2, 0) is 0 Å². The lowest BCUT2D eigenvalue weighted by atomic mass is 10.1. The van der Waals surface area contributed by atoms with Crippen molar-refractivity contribution < 1.29 is 4.79 Å². The summed E-state index contributed by atoms with van der Waals surface area (Å²) in [6.07, 6.45) is 0. The molecule has 0 spiro atoms. The van der Waals surface area contributed by atoms with Crippen LogP contribution in [0.2, 0.25) is 5.02 Å². The number of halogens is 1. The predicted octanol–water partition coefficient (Wildman–Crippen LogP) is 2.12. The minimum atomic E-state index is 0.0769. The number of carbonyl (C=O) groups excluding carboxylic acids is 1. The summed E-state index contributed by atoms with van der Waals surface area (Å²) in [4.78, 5) is 16.5. The van der Waals surface area contributed by atoms with Crippen molar-refractivity contribution in [2.24, 2.45) is 0 Å². The van der Waals surface area contributed by atoms with Crippen LogP contribution in [0.4, 0.5) is 0 Å². The van der Waals surface area contributed by atoms with Crippen LogP contribution in [0.15, 0.2) is 24.3 Å². The Morgan fingerprint density at radius 2 is 2.18 bits per heavy atom. The van der Waals surface area contributed by atoms with E-state index in [1.54, 1.807) is 12.1 Å². The summed E-state index contributed by atoms with van der Waals surface area (Å²) in [5.41, 5.74) is 0.675. The number of amides is 1. The molecule has 1 aromatic carbocycles. The van der Waals surface area contributed by atoms with Gasteiger partial charge in [-0.25, -0.2) is 0 Å². The number of benzene rings is 1. The molecule has 0 aliphatic carbocycles. The van der Waals surface area contributed by atoms with Gasteiger partial charge in [0.15, 0.2) is 0 Å². The molecule has 1 aromatic rings. The van der Waals surface area contributed by atoms with Crippen LogP contribution < -0.4 is 0 Å². The first kappa shape index (κ1) is 12.4. The zero-order valence-electron chi connectivity index (χ0n) is 10.2. The fourth-order valence-corrected chi connectivity index (χ4v) is 2.42. The zero-order chi connectivity index (χ0) is 12.4. The summed E-state index contributed by atoms with van der Waals surface area (Å²) in [5, 5.41) is 0.609. The fourth-order valence-electron chi connectivity index (χ4n) is 2.23. The molecule has 17 heavy (non-hydrogen) atoms. The number of piperazine rings is 1. The molecule has 0 bridgehead atoms. The molecule has 4 heteroatoms. The summed E-state index contributed by atoms with van der Waals surface area (Å²) in [6, 6.07) is 7.40. The Labute approximate surface area is 107 Å². The first-order valence-electron chi connectivity index (χ1n) is 5.83. The Kier molecular flexibility index (Phi) is 3.69. The SMILES string of the molecule is CC1CN(C)CCN1C(=O)c1cccc(Cl)c1. The van der Waals surface area contributed by atoms with Gasteiger partial charge in [-0.15, -0.1) is 0 Å². The highest BCUT2D eigenvalue weighted by atomic mass is 35.5. The maximum absolute atomic E-state index is 12.3. The van der Waals surface area contributed by atoms with Gasteiger partial charge in [-0.1, -0.05) is 17.7 Å². The van der Waals surface area contributed by atoms with Crippen molar-refractivity contribution in [3.05, 3.63) is 34.9 Å². The van der Waals surface area contributed by atoms with Crippen LogP contribution in [0.5, 0.6) is 0 Å². The van der Waals surface area contributed by atoms with E-state index in [9.17, 15) is 4.79 Å². The molecule has 1 unspecified atom stereocenters. The van der Waals surface area contributed by atoms with Crippen LogP contribution in [0.25, 0.3) is 0 Å². The predicted molar refractivity (Wildman–Crippen MR) is 69.4 cm³/mol. The van der Waals surface area contributed by atoms with Gasteiger partial charge in [0, 0.05) is 36.3 Å². The van der Waals surface area contributed by atoms with Crippen LogP contribution in [0.1, 0.15) is 17.3 Å². The first-order valence-corrected chi connectivity index (χ1v) is 6.21.